The highest BCUT2D eigenvalue weighted by atomic mass is 127. The predicted octanol–water partition coefficient (Wildman–Crippen LogP) is 0.779. The van der Waals surface area contributed by atoms with E-state index in [1.807, 2.05) is 44.0 Å². The van der Waals surface area contributed by atoms with E-state index < -0.39 is 6.29 Å². The molecule has 0 saturated carbocycles. The molecule has 1 aliphatic rings. The first kappa shape index (κ1) is 11.6. The van der Waals surface area contributed by atoms with Crippen molar-refractivity contribution in [2.45, 2.75) is 37.9 Å². The molecular formula is C8H16INO3. The van der Waals surface area contributed by atoms with Crippen molar-refractivity contribution >= 4 is 23.0 Å². The van der Waals surface area contributed by atoms with Crippen LogP contribution in [0.1, 0.15) is 13.3 Å². The highest BCUT2D eigenvalue weighted by Crippen LogP contribution is 2.25. The first-order valence-corrected chi connectivity index (χ1v) is 5.21. The number of aliphatic hydroxyl groups excluding tert-OH is 1. The van der Waals surface area contributed by atoms with Crippen LogP contribution in [-0.4, -0.2) is 48.6 Å². The van der Waals surface area contributed by atoms with Gasteiger partial charge in [0.05, 0.1) is 6.10 Å². The van der Waals surface area contributed by atoms with Gasteiger partial charge in [0, 0.05) is 6.04 Å². The number of rotatable bonds is 2. The van der Waals surface area contributed by atoms with Crippen molar-refractivity contribution < 1.29 is 12.9 Å². The third-order valence-corrected chi connectivity index (χ3v) is 2.96. The molecule has 0 spiro atoms. The zero-order chi connectivity index (χ0) is 10.0. The van der Waals surface area contributed by atoms with Gasteiger partial charge in [-0.05, 0) is 27.4 Å². The van der Waals surface area contributed by atoms with Crippen molar-refractivity contribution in [1.29, 1.82) is 0 Å². The van der Waals surface area contributed by atoms with Crippen LogP contribution in [0, 0.1) is 0 Å². The van der Waals surface area contributed by atoms with Gasteiger partial charge in [-0.2, -0.15) is 0 Å². The zero-order valence-electron chi connectivity index (χ0n) is 8.11. The van der Waals surface area contributed by atoms with E-state index in [9.17, 15) is 5.11 Å². The van der Waals surface area contributed by atoms with Gasteiger partial charge in [0.1, 0.15) is 29.1 Å². The van der Waals surface area contributed by atoms with Crippen molar-refractivity contribution in [2.75, 3.05) is 14.1 Å². The smallest absolute Gasteiger partial charge is 0.183 e. The van der Waals surface area contributed by atoms with E-state index in [4.69, 9.17) is 7.80 Å². The third-order valence-electron chi connectivity index (χ3n) is 2.37. The summed E-state index contributed by atoms with van der Waals surface area (Å²) in [6.45, 7) is 1.96. The van der Waals surface area contributed by atoms with Gasteiger partial charge in [-0.15, -0.1) is 0 Å². The summed E-state index contributed by atoms with van der Waals surface area (Å²) >= 11 is 1.81. The molecule has 13 heavy (non-hydrogen) atoms. The second-order valence-corrected chi connectivity index (χ2v) is 4.17. The number of hydrogen-bond acceptors (Lipinski definition) is 4. The summed E-state index contributed by atoms with van der Waals surface area (Å²) < 4.78 is 10.4. The van der Waals surface area contributed by atoms with Gasteiger partial charge in [-0.1, -0.05) is 0 Å². The molecule has 0 bridgehead atoms. The molecule has 1 fully saturated rings. The Balaban J connectivity index is 2.66. The quantitative estimate of drug-likeness (QED) is 0.765. The number of halogens is 1. The van der Waals surface area contributed by atoms with Crippen LogP contribution in [0.2, 0.25) is 0 Å². The van der Waals surface area contributed by atoms with Gasteiger partial charge in [0.2, 0.25) is 0 Å². The summed E-state index contributed by atoms with van der Waals surface area (Å²) in [5.41, 5.74) is 0. The van der Waals surface area contributed by atoms with E-state index in [2.05, 4.69) is 4.90 Å². The highest BCUT2D eigenvalue weighted by molar-refractivity contribution is 14.1. The zero-order valence-corrected chi connectivity index (χ0v) is 10.3. The van der Waals surface area contributed by atoms with Crippen molar-refractivity contribution in [1.82, 2.24) is 4.90 Å². The van der Waals surface area contributed by atoms with Crippen LogP contribution in [0.15, 0.2) is 0 Å². The molecule has 1 aliphatic heterocycles. The van der Waals surface area contributed by atoms with E-state index in [-0.39, 0.29) is 18.2 Å². The topological polar surface area (TPSA) is 41.9 Å². The monoisotopic (exact) mass is 301 g/mol. The molecule has 0 aromatic carbocycles. The summed E-state index contributed by atoms with van der Waals surface area (Å²) in [7, 11) is 3.97. The molecular weight excluding hydrogens is 285 g/mol. The predicted molar refractivity (Wildman–Crippen MR) is 57.5 cm³/mol. The first-order valence-electron chi connectivity index (χ1n) is 4.33. The minimum absolute atomic E-state index is 0.0881. The van der Waals surface area contributed by atoms with Crippen LogP contribution in [0.5, 0.6) is 0 Å². The fourth-order valence-electron chi connectivity index (χ4n) is 1.64. The van der Waals surface area contributed by atoms with Gasteiger partial charge in [-0.25, -0.2) is 0 Å². The van der Waals surface area contributed by atoms with Crippen molar-refractivity contribution in [3.63, 3.8) is 0 Å². The highest BCUT2D eigenvalue weighted by Gasteiger charge is 2.38. The molecule has 0 amide bonds. The lowest BCUT2D eigenvalue weighted by atomic mass is 9.99. The number of nitrogens with zero attached hydrogens (tertiary/aromatic N) is 1. The SMILES string of the molecule is C[C@@H]1C[C@H](N(C)C)[C@@H](OI)C(O)O1. The van der Waals surface area contributed by atoms with E-state index in [1.54, 1.807) is 0 Å². The van der Waals surface area contributed by atoms with Crippen molar-refractivity contribution in [3.8, 4) is 0 Å². The number of ether oxygens (including phenoxy) is 1. The Morgan fingerprint density at radius 2 is 2.15 bits per heavy atom. The molecule has 4 atom stereocenters. The summed E-state index contributed by atoms with van der Waals surface area (Å²) in [5, 5.41) is 9.58. The molecule has 1 heterocycles. The maximum atomic E-state index is 9.58. The lowest BCUT2D eigenvalue weighted by Crippen LogP contribution is -2.53. The largest absolute Gasteiger partial charge is 0.366 e. The lowest BCUT2D eigenvalue weighted by molar-refractivity contribution is -0.215. The minimum Gasteiger partial charge on any atom is -0.366 e. The standard InChI is InChI=1S/C8H16INO3/c1-5-4-6(10(2)3)7(13-9)8(11)12-5/h5-8,11H,4H2,1-3H3/t5-,6+,7-,8?/m1/s1. The Morgan fingerprint density at radius 3 is 2.62 bits per heavy atom. The van der Waals surface area contributed by atoms with Crippen LogP contribution < -0.4 is 0 Å². The van der Waals surface area contributed by atoms with Crippen LogP contribution >= 0.6 is 23.0 Å². The third kappa shape index (κ3) is 2.76. The Kier molecular flexibility index (Phi) is 4.37. The molecule has 1 unspecified atom stereocenters. The Morgan fingerprint density at radius 1 is 1.54 bits per heavy atom. The second kappa shape index (κ2) is 4.88. The molecule has 5 heteroatoms. The maximum Gasteiger partial charge on any atom is 0.183 e. The van der Waals surface area contributed by atoms with E-state index in [0.717, 1.165) is 6.42 Å². The molecule has 78 valence electrons. The van der Waals surface area contributed by atoms with E-state index in [1.165, 1.54) is 0 Å². The maximum absolute atomic E-state index is 9.58. The van der Waals surface area contributed by atoms with Gasteiger partial charge in [0.15, 0.2) is 6.29 Å². The van der Waals surface area contributed by atoms with E-state index >= 15 is 0 Å². The molecule has 0 radical (unpaired) electrons. The Bertz CT molecular complexity index is 167. The van der Waals surface area contributed by atoms with Gasteiger partial charge in [-0.3, -0.25) is 0 Å². The van der Waals surface area contributed by atoms with Crippen molar-refractivity contribution in [2.24, 2.45) is 0 Å². The fourth-order valence-corrected chi connectivity index (χ4v) is 2.23. The number of likely N-dealkylation sites (N-methyl/N-ethyl adjacent to an activating group) is 1. The van der Waals surface area contributed by atoms with Gasteiger partial charge < -0.3 is 17.8 Å². The lowest BCUT2D eigenvalue weighted by Gasteiger charge is -2.40. The van der Waals surface area contributed by atoms with E-state index in [0.29, 0.717) is 0 Å². The number of aliphatic hydroxyl groups is 1. The van der Waals surface area contributed by atoms with Crippen molar-refractivity contribution in [3.05, 3.63) is 0 Å². The van der Waals surface area contributed by atoms with Crippen LogP contribution in [0.4, 0.5) is 0 Å². The molecule has 0 aliphatic carbocycles. The molecule has 4 nitrogen and oxygen atoms in total. The van der Waals surface area contributed by atoms with Crippen LogP contribution in [-0.2, 0) is 7.80 Å². The molecule has 0 aromatic heterocycles. The van der Waals surface area contributed by atoms with Gasteiger partial charge >= 0.3 is 0 Å². The summed E-state index contributed by atoms with van der Waals surface area (Å²) in [6.07, 6.45) is -0.0948. The average molecular weight is 301 g/mol. The first-order chi connectivity index (χ1) is 6.06. The van der Waals surface area contributed by atoms with Gasteiger partial charge in [0.25, 0.3) is 0 Å². The molecule has 1 saturated heterocycles. The fraction of sp³-hybridized carbons (Fsp3) is 1.00. The molecule has 1 N–H and O–H groups in total. The summed E-state index contributed by atoms with van der Waals surface area (Å²) in [6, 6.07) is 0.218. The summed E-state index contributed by atoms with van der Waals surface area (Å²) in [5.74, 6) is 0. The normalized spacial score (nSPS) is 41.1. The number of hydrogen-bond donors (Lipinski definition) is 1. The van der Waals surface area contributed by atoms with Crippen LogP contribution in [0.25, 0.3) is 0 Å². The Labute approximate surface area is 92.9 Å². The second-order valence-electron chi connectivity index (χ2n) is 3.66. The molecule has 0 aromatic rings. The minimum atomic E-state index is -0.812. The Hall–Kier alpha value is 0.570. The average Bonchev–Trinajstić information content (AvgIpc) is 2.02. The summed E-state index contributed by atoms with van der Waals surface area (Å²) in [4.78, 5) is 2.06. The van der Waals surface area contributed by atoms with Crippen LogP contribution in [0.3, 0.4) is 0 Å². The molecule has 1 rings (SSSR count).